The van der Waals surface area contributed by atoms with Gasteiger partial charge in [0, 0.05) is 19.8 Å². The number of aryl methyl sites for hydroxylation is 1. The molecule has 2 atom stereocenters. The van der Waals surface area contributed by atoms with Crippen LogP contribution in [0.15, 0.2) is 40.6 Å². The van der Waals surface area contributed by atoms with Crippen molar-refractivity contribution in [1.29, 1.82) is 0 Å². The Bertz CT molecular complexity index is 875. The normalized spacial score (nSPS) is 14.2. The van der Waals surface area contributed by atoms with Crippen LogP contribution in [0.3, 0.4) is 0 Å². The monoisotopic (exact) mass is 396 g/mol. The van der Waals surface area contributed by atoms with Gasteiger partial charge in [0.05, 0.1) is 16.8 Å². The van der Waals surface area contributed by atoms with Crippen molar-refractivity contribution in [2.24, 2.45) is 0 Å². The van der Waals surface area contributed by atoms with E-state index in [-0.39, 0.29) is 16.8 Å². The molecule has 2 N–H and O–H groups in total. The Kier molecular flexibility index (Phi) is 6.57. The van der Waals surface area contributed by atoms with Crippen LogP contribution in [-0.2, 0) is 21.4 Å². The predicted octanol–water partition coefficient (Wildman–Crippen LogP) is 1.35. The number of likely N-dealkylation sites (N-methyl/N-ethyl adjacent to an activating group) is 1. The molecule has 1 aromatic carbocycles. The summed E-state index contributed by atoms with van der Waals surface area (Å²) in [6.07, 6.45) is 0. The molecule has 1 unspecified atom stereocenters. The van der Waals surface area contributed by atoms with Crippen LogP contribution in [0.1, 0.15) is 17.4 Å². The molecule has 2 aromatic rings. The molecular formula is C18H26N3O3S2+. The number of nitrogens with one attached hydrogen (secondary N) is 2. The molecule has 8 heteroatoms. The number of hydrogen-bond donors (Lipinski definition) is 2. The Hall–Kier alpha value is -1.74. The third kappa shape index (κ3) is 4.70. The Morgan fingerprint density at radius 2 is 2.00 bits per heavy atom. The van der Waals surface area contributed by atoms with Crippen LogP contribution in [0, 0.1) is 6.92 Å². The molecule has 2 rings (SSSR count). The van der Waals surface area contributed by atoms with Crippen molar-refractivity contribution in [2.75, 3.05) is 26.5 Å². The molecule has 0 fully saturated rings. The lowest BCUT2D eigenvalue weighted by Gasteiger charge is -2.21. The van der Waals surface area contributed by atoms with Gasteiger partial charge in [-0.05, 0) is 49.1 Å². The number of hydrogen-bond acceptors (Lipinski definition) is 4. The first-order chi connectivity index (χ1) is 12.1. The number of carbonyl (C=O) groups is 1. The van der Waals surface area contributed by atoms with Gasteiger partial charge < -0.3 is 10.2 Å². The lowest BCUT2D eigenvalue weighted by atomic mass is 10.2. The molecule has 1 aromatic heterocycles. The van der Waals surface area contributed by atoms with Crippen LogP contribution in [0.25, 0.3) is 0 Å². The second-order valence-electron chi connectivity index (χ2n) is 6.58. The minimum Gasteiger partial charge on any atom is -0.323 e. The largest absolute Gasteiger partial charge is 0.323 e. The van der Waals surface area contributed by atoms with E-state index < -0.39 is 10.0 Å². The van der Waals surface area contributed by atoms with E-state index in [1.165, 1.54) is 36.7 Å². The molecule has 0 saturated heterocycles. The molecule has 6 nitrogen and oxygen atoms in total. The van der Waals surface area contributed by atoms with E-state index in [1.807, 2.05) is 14.0 Å². The number of thiophene rings is 1. The summed E-state index contributed by atoms with van der Waals surface area (Å²) in [7, 11) is 1.41. The van der Waals surface area contributed by atoms with Gasteiger partial charge >= 0.3 is 0 Å². The number of carbonyl (C=O) groups excluding carboxylic acids is 1. The molecule has 1 heterocycles. The van der Waals surface area contributed by atoms with Gasteiger partial charge in [-0.15, -0.1) is 11.3 Å². The summed E-state index contributed by atoms with van der Waals surface area (Å²) in [5.41, 5.74) is 1.72. The van der Waals surface area contributed by atoms with Crippen molar-refractivity contribution in [3.05, 3.63) is 46.2 Å². The maximum atomic E-state index is 12.6. The highest BCUT2D eigenvalue weighted by molar-refractivity contribution is 7.89. The average molecular weight is 397 g/mol. The molecular weight excluding hydrogens is 370 g/mol. The lowest BCUT2D eigenvalue weighted by Crippen LogP contribution is -3.12. The summed E-state index contributed by atoms with van der Waals surface area (Å²) in [5, 5.41) is 4.88. The highest BCUT2D eigenvalue weighted by atomic mass is 32.2. The van der Waals surface area contributed by atoms with Crippen LogP contribution in [0.2, 0.25) is 0 Å². The number of rotatable bonds is 7. The molecule has 142 valence electrons. The Morgan fingerprint density at radius 3 is 2.58 bits per heavy atom. The zero-order valence-corrected chi connectivity index (χ0v) is 17.4. The van der Waals surface area contributed by atoms with E-state index in [0.29, 0.717) is 5.69 Å². The van der Waals surface area contributed by atoms with Gasteiger partial charge in [0.15, 0.2) is 6.04 Å². The van der Waals surface area contributed by atoms with E-state index >= 15 is 0 Å². The summed E-state index contributed by atoms with van der Waals surface area (Å²) < 4.78 is 25.6. The van der Waals surface area contributed by atoms with Crippen molar-refractivity contribution in [1.82, 2.24) is 4.31 Å². The number of quaternary nitrogens is 1. The number of amides is 1. The number of nitrogens with zero attached hydrogens (tertiary/aromatic N) is 1. The van der Waals surface area contributed by atoms with Crippen molar-refractivity contribution in [3.8, 4) is 0 Å². The number of benzene rings is 1. The zero-order valence-electron chi connectivity index (χ0n) is 15.7. The molecule has 0 aliphatic heterocycles. The second-order valence-corrected chi connectivity index (χ2v) is 9.73. The van der Waals surface area contributed by atoms with Gasteiger partial charge in [-0.1, -0.05) is 6.07 Å². The predicted molar refractivity (Wildman–Crippen MR) is 105 cm³/mol. The van der Waals surface area contributed by atoms with Crippen molar-refractivity contribution in [3.63, 3.8) is 0 Å². The molecule has 0 spiro atoms. The fraction of sp³-hybridized carbons (Fsp3) is 0.389. The molecule has 26 heavy (non-hydrogen) atoms. The summed E-state index contributed by atoms with van der Waals surface area (Å²) in [6.45, 7) is 4.71. The average Bonchev–Trinajstić information content (AvgIpc) is 2.99. The molecule has 0 saturated carbocycles. The summed E-state index contributed by atoms with van der Waals surface area (Å²) >= 11 is 1.69. The quantitative estimate of drug-likeness (QED) is 0.742. The topological polar surface area (TPSA) is 70.9 Å². The maximum absolute atomic E-state index is 12.6. The highest BCUT2D eigenvalue weighted by Gasteiger charge is 2.24. The fourth-order valence-corrected chi connectivity index (χ4v) is 4.36. The van der Waals surface area contributed by atoms with Crippen LogP contribution in [0.4, 0.5) is 5.69 Å². The van der Waals surface area contributed by atoms with E-state index in [1.54, 1.807) is 23.5 Å². The molecule has 0 radical (unpaired) electrons. The van der Waals surface area contributed by atoms with Gasteiger partial charge in [-0.2, -0.15) is 0 Å². The first-order valence-electron chi connectivity index (χ1n) is 8.31. The van der Waals surface area contributed by atoms with Crippen LogP contribution >= 0.6 is 11.3 Å². The van der Waals surface area contributed by atoms with Crippen molar-refractivity contribution in [2.45, 2.75) is 31.3 Å². The smallest absolute Gasteiger partial charge is 0.282 e. The standard InChI is InChI=1S/C18H25N3O3S2/c1-13-9-10-25-17(13)12-21(5)14(2)18(22)19-15-7-6-8-16(11-15)26(23,24)20(3)4/h6-11,14H,12H2,1-5H3,(H,19,22)/p+1/t14-/m0/s1. The van der Waals surface area contributed by atoms with E-state index in [9.17, 15) is 13.2 Å². The van der Waals surface area contributed by atoms with Crippen LogP contribution in [-0.4, -0.2) is 45.8 Å². The number of sulfonamides is 1. The Balaban J connectivity index is 2.08. The van der Waals surface area contributed by atoms with Crippen LogP contribution in [0.5, 0.6) is 0 Å². The van der Waals surface area contributed by atoms with E-state index in [2.05, 4.69) is 23.7 Å². The van der Waals surface area contributed by atoms with E-state index in [0.717, 1.165) is 15.7 Å². The second kappa shape index (κ2) is 8.30. The zero-order chi connectivity index (χ0) is 19.5. The van der Waals surface area contributed by atoms with Gasteiger partial charge in [-0.3, -0.25) is 4.79 Å². The summed E-state index contributed by atoms with van der Waals surface area (Å²) in [6, 6.07) is 8.13. The summed E-state index contributed by atoms with van der Waals surface area (Å²) in [5.74, 6) is -0.142. The van der Waals surface area contributed by atoms with Crippen LogP contribution < -0.4 is 10.2 Å². The van der Waals surface area contributed by atoms with Gasteiger partial charge in [0.25, 0.3) is 5.91 Å². The summed E-state index contributed by atoms with van der Waals surface area (Å²) in [4.78, 5) is 15.1. The SMILES string of the molecule is Cc1ccsc1C[NH+](C)[C@@H](C)C(=O)Nc1cccc(S(=O)(=O)N(C)C)c1. The third-order valence-corrected chi connectivity index (χ3v) is 7.25. The minimum absolute atomic E-state index is 0.142. The maximum Gasteiger partial charge on any atom is 0.282 e. The molecule has 1 amide bonds. The lowest BCUT2D eigenvalue weighted by molar-refractivity contribution is -0.907. The van der Waals surface area contributed by atoms with E-state index in [4.69, 9.17) is 0 Å². The minimum atomic E-state index is -3.53. The number of anilines is 1. The Labute approximate surface area is 159 Å². The first-order valence-corrected chi connectivity index (χ1v) is 10.6. The highest BCUT2D eigenvalue weighted by Crippen LogP contribution is 2.18. The van der Waals surface area contributed by atoms with Crippen molar-refractivity contribution >= 4 is 33.0 Å². The molecule has 0 bridgehead atoms. The van der Waals surface area contributed by atoms with Gasteiger partial charge in [0.1, 0.15) is 6.54 Å². The third-order valence-electron chi connectivity index (χ3n) is 4.42. The Morgan fingerprint density at radius 1 is 1.31 bits per heavy atom. The molecule has 0 aliphatic rings. The first kappa shape index (κ1) is 20.6. The van der Waals surface area contributed by atoms with Gasteiger partial charge in [-0.25, -0.2) is 12.7 Å². The molecule has 0 aliphatic carbocycles. The van der Waals surface area contributed by atoms with Crippen molar-refractivity contribution < 1.29 is 18.1 Å². The van der Waals surface area contributed by atoms with Gasteiger partial charge in [0.2, 0.25) is 10.0 Å². The fourth-order valence-electron chi connectivity index (χ4n) is 2.41.